The number of benzene rings is 1. The molecule has 0 unspecified atom stereocenters. The number of piperidine rings is 1. The van der Waals surface area contributed by atoms with Gasteiger partial charge in [0.1, 0.15) is 16.5 Å². The van der Waals surface area contributed by atoms with Gasteiger partial charge in [0.25, 0.3) is 0 Å². The highest BCUT2D eigenvalue weighted by Gasteiger charge is 2.31. The van der Waals surface area contributed by atoms with E-state index in [0.29, 0.717) is 19.2 Å². The summed E-state index contributed by atoms with van der Waals surface area (Å²) in [4.78, 5) is -0.563. The van der Waals surface area contributed by atoms with Crippen LogP contribution in [-0.2, 0) is 10.0 Å². The van der Waals surface area contributed by atoms with Crippen molar-refractivity contribution in [3.8, 4) is 11.8 Å². The molecule has 1 aliphatic heterocycles. The lowest BCUT2D eigenvalue weighted by Crippen LogP contribution is -2.36. The van der Waals surface area contributed by atoms with Crippen LogP contribution in [0.4, 0.5) is 8.78 Å². The zero-order valence-electron chi connectivity index (χ0n) is 11.4. The lowest BCUT2D eigenvalue weighted by atomic mass is 10.2. The van der Waals surface area contributed by atoms with E-state index < -0.39 is 26.6 Å². The monoisotopic (exact) mass is 314 g/mol. The molecule has 114 valence electrons. The average Bonchev–Trinajstić information content (AvgIpc) is 2.45. The van der Waals surface area contributed by atoms with Gasteiger partial charge in [0, 0.05) is 19.2 Å². The summed E-state index contributed by atoms with van der Waals surface area (Å²) in [5, 5.41) is 0. The number of rotatable bonds is 2. The van der Waals surface area contributed by atoms with E-state index in [2.05, 4.69) is 11.8 Å². The Morgan fingerprint density at radius 2 is 1.86 bits per heavy atom. The molecular formula is C14H16F2N2O2S. The minimum absolute atomic E-state index is 0.0265. The summed E-state index contributed by atoms with van der Waals surface area (Å²) in [5.74, 6) is 2.88. The van der Waals surface area contributed by atoms with Crippen molar-refractivity contribution in [3.63, 3.8) is 0 Å². The molecule has 0 aliphatic carbocycles. The normalized spacial score (nSPS) is 16.3. The summed E-state index contributed by atoms with van der Waals surface area (Å²) >= 11 is 0. The first-order valence-electron chi connectivity index (χ1n) is 6.65. The third-order valence-electron chi connectivity index (χ3n) is 3.25. The molecule has 1 aliphatic rings. The van der Waals surface area contributed by atoms with Gasteiger partial charge in [0.15, 0.2) is 0 Å². The second-order valence-electron chi connectivity index (χ2n) is 4.73. The van der Waals surface area contributed by atoms with Crippen molar-refractivity contribution < 1.29 is 17.2 Å². The van der Waals surface area contributed by atoms with Crippen LogP contribution in [0.15, 0.2) is 17.0 Å². The van der Waals surface area contributed by atoms with Crippen molar-refractivity contribution in [1.82, 2.24) is 4.31 Å². The molecule has 1 heterocycles. The van der Waals surface area contributed by atoms with Gasteiger partial charge in [-0.1, -0.05) is 18.3 Å². The topological polar surface area (TPSA) is 63.4 Å². The Labute approximate surface area is 123 Å². The Morgan fingerprint density at radius 3 is 2.48 bits per heavy atom. The van der Waals surface area contributed by atoms with E-state index in [1.54, 1.807) is 0 Å². The van der Waals surface area contributed by atoms with E-state index in [9.17, 15) is 17.2 Å². The molecule has 1 fully saturated rings. The van der Waals surface area contributed by atoms with E-state index in [0.717, 1.165) is 25.3 Å². The van der Waals surface area contributed by atoms with Crippen molar-refractivity contribution in [2.45, 2.75) is 24.2 Å². The first kappa shape index (κ1) is 15.9. The number of nitrogens with zero attached hydrogens (tertiary/aromatic N) is 1. The van der Waals surface area contributed by atoms with Crippen LogP contribution in [0.25, 0.3) is 0 Å². The van der Waals surface area contributed by atoms with Gasteiger partial charge in [0.2, 0.25) is 10.0 Å². The van der Waals surface area contributed by atoms with Crippen LogP contribution in [0, 0.1) is 23.5 Å². The van der Waals surface area contributed by atoms with Gasteiger partial charge in [-0.05, 0) is 18.9 Å². The second-order valence-corrected chi connectivity index (χ2v) is 6.61. The molecule has 0 saturated carbocycles. The zero-order chi connectivity index (χ0) is 15.5. The lowest BCUT2D eigenvalue weighted by Gasteiger charge is -2.26. The van der Waals surface area contributed by atoms with Crippen LogP contribution in [0.2, 0.25) is 0 Å². The van der Waals surface area contributed by atoms with Gasteiger partial charge in [-0.15, -0.1) is 0 Å². The Hall–Kier alpha value is -1.49. The number of hydrogen-bond acceptors (Lipinski definition) is 3. The van der Waals surface area contributed by atoms with Crippen LogP contribution >= 0.6 is 0 Å². The lowest BCUT2D eigenvalue weighted by molar-refractivity contribution is 0.345. The fourth-order valence-corrected chi connectivity index (χ4v) is 3.99. The van der Waals surface area contributed by atoms with Crippen LogP contribution in [-0.4, -0.2) is 32.4 Å². The number of hydrogen-bond donors (Lipinski definition) is 1. The minimum atomic E-state index is -4.02. The predicted octanol–water partition coefficient (Wildman–Crippen LogP) is 1.45. The zero-order valence-corrected chi connectivity index (χ0v) is 12.2. The van der Waals surface area contributed by atoms with E-state index in [1.165, 1.54) is 4.31 Å². The van der Waals surface area contributed by atoms with E-state index >= 15 is 0 Å². The number of sulfonamides is 1. The summed E-state index contributed by atoms with van der Waals surface area (Å²) < 4.78 is 53.7. The SMILES string of the molecule is NCC#Cc1cc(F)cc(F)c1S(=O)(=O)N1CCCCC1. The highest BCUT2D eigenvalue weighted by molar-refractivity contribution is 7.89. The molecule has 0 radical (unpaired) electrons. The molecule has 2 N–H and O–H groups in total. The standard InChI is InChI=1S/C14H16F2N2O2S/c15-12-9-11(5-4-6-17)14(13(16)10-12)21(19,20)18-7-2-1-3-8-18/h9-10H,1-3,6-8,17H2. The first-order valence-corrected chi connectivity index (χ1v) is 8.09. The Kier molecular flexibility index (Phi) is 4.93. The predicted molar refractivity (Wildman–Crippen MR) is 74.9 cm³/mol. The molecule has 1 aromatic carbocycles. The maximum absolute atomic E-state index is 14.0. The summed E-state index contributed by atoms with van der Waals surface area (Å²) in [7, 11) is -4.02. The molecule has 21 heavy (non-hydrogen) atoms. The van der Waals surface area contributed by atoms with E-state index in [-0.39, 0.29) is 12.1 Å². The Balaban J connectivity index is 2.55. The molecule has 7 heteroatoms. The third-order valence-corrected chi connectivity index (χ3v) is 5.22. The van der Waals surface area contributed by atoms with Gasteiger partial charge in [-0.3, -0.25) is 0 Å². The first-order chi connectivity index (χ1) is 9.96. The van der Waals surface area contributed by atoms with Crippen LogP contribution < -0.4 is 5.73 Å². The molecule has 0 atom stereocenters. The van der Waals surface area contributed by atoms with Crippen molar-refractivity contribution in [3.05, 3.63) is 29.3 Å². The Morgan fingerprint density at radius 1 is 1.19 bits per heavy atom. The number of nitrogens with two attached hydrogens (primary N) is 1. The van der Waals surface area contributed by atoms with E-state index in [1.807, 2.05) is 0 Å². The summed E-state index contributed by atoms with van der Waals surface area (Å²) in [6, 6.07) is 1.48. The van der Waals surface area contributed by atoms with Crippen LogP contribution in [0.3, 0.4) is 0 Å². The van der Waals surface area contributed by atoms with Gasteiger partial charge < -0.3 is 5.73 Å². The second kappa shape index (κ2) is 6.52. The highest BCUT2D eigenvalue weighted by atomic mass is 32.2. The largest absolute Gasteiger partial charge is 0.320 e. The fourth-order valence-electron chi connectivity index (χ4n) is 2.30. The molecule has 0 aromatic heterocycles. The van der Waals surface area contributed by atoms with Crippen molar-refractivity contribution >= 4 is 10.0 Å². The minimum Gasteiger partial charge on any atom is -0.320 e. The molecule has 0 amide bonds. The summed E-state index contributed by atoms with van der Waals surface area (Å²) in [6.07, 6.45) is 2.40. The smallest absolute Gasteiger partial charge is 0.247 e. The molecule has 0 bridgehead atoms. The average molecular weight is 314 g/mol. The summed E-state index contributed by atoms with van der Waals surface area (Å²) in [6.45, 7) is 0.646. The highest BCUT2D eigenvalue weighted by Crippen LogP contribution is 2.26. The van der Waals surface area contributed by atoms with Gasteiger partial charge >= 0.3 is 0 Å². The van der Waals surface area contributed by atoms with Crippen LogP contribution in [0.1, 0.15) is 24.8 Å². The van der Waals surface area contributed by atoms with Crippen molar-refractivity contribution in [1.29, 1.82) is 0 Å². The summed E-state index contributed by atoms with van der Waals surface area (Å²) in [5.41, 5.74) is 5.04. The molecule has 2 rings (SSSR count). The molecule has 1 saturated heterocycles. The van der Waals surface area contributed by atoms with Gasteiger partial charge in [0.05, 0.1) is 12.1 Å². The quantitative estimate of drug-likeness (QED) is 0.841. The maximum atomic E-state index is 14.0. The molecular weight excluding hydrogens is 298 g/mol. The Bertz CT molecular complexity index is 687. The number of halogens is 2. The molecule has 4 nitrogen and oxygen atoms in total. The fraction of sp³-hybridized carbons (Fsp3) is 0.429. The molecule has 1 aromatic rings. The third kappa shape index (κ3) is 3.40. The maximum Gasteiger partial charge on any atom is 0.247 e. The van der Waals surface area contributed by atoms with Gasteiger partial charge in [-0.25, -0.2) is 17.2 Å². The van der Waals surface area contributed by atoms with Gasteiger partial charge in [-0.2, -0.15) is 4.31 Å². The van der Waals surface area contributed by atoms with Crippen LogP contribution in [0.5, 0.6) is 0 Å². The van der Waals surface area contributed by atoms with Crippen molar-refractivity contribution in [2.75, 3.05) is 19.6 Å². The molecule has 0 spiro atoms. The van der Waals surface area contributed by atoms with E-state index in [4.69, 9.17) is 5.73 Å². The van der Waals surface area contributed by atoms with Crippen molar-refractivity contribution in [2.24, 2.45) is 5.73 Å².